The van der Waals surface area contributed by atoms with Crippen LogP contribution in [0.2, 0.25) is 0 Å². The van der Waals surface area contributed by atoms with Crippen molar-refractivity contribution in [3.63, 3.8) is 0 Å². The summed E-state index contributed by atoms with van der Waals surface area (Å²) in [6.45, 7) is 1.94. The van der Waals surface area contributed by atoms with Crippen LogP contribution in [0.15, 0.2) is 17.0 Å². The molecule has 0 amide bonds. The summed E-state index contributed by atoms with van der Waals surface area (Å²) in [5.74, 6) is -1.55. The van der Waals surface area contributed by atoms with Crippen molar-refractivity contribution in [3.05, 3.63) is 23.8 Å². The van der Waals surface area contributed by atoms with Gasteiger partial charge in [0.1, 0.15) is 0 Å². The van der Waals surface area contributed by atoms with Gasteiger partial charge in [0.15, 0.2) is 17.4 Å². The van der Waals surface area contributed by atoms with Crippen molar-refractivity contribution in [2.45, 2.75) is 11.8 Å². The molecule has 0 aliphatic carbocycles. The smallest absolute Gasteiger partial charge is 0.191 e. The largest absolute Gasteiger partial charge is 0.488 e. The van der Waals surface area contributed by atoms with Crippen LogP contribution in [-0.4, -0.2) is 12.9 Å². The molecule has 0 fully saturated rings. The summed E-state index contributed by atoms with van der Waals surface area (Å²) in [6, 6.07) is 2.61. The first-order chi connectivity index (χ1) is 6.20. The monoisotopic (exact) mass is 204 g/mol. The Kier molecular flexibility index (Phi) is 3.54. The number of hydrogen-bond donors (Lipinski definition) is 0. The highest BCUT2D eigenvalue weighted by Crippen LogP contribution is 2.29. The molecule has 0 bridgehead atoms. The fourth-order valence-corrected chi connectivity index (χ4v) is 1.42. The first-order valence-electron chi connectivity index (χ1n) is 3.85. The van der Waals surface area contributed by atoms with Crippen molar-refractivity contribution in [1.82, 2.24) is 0 Å². The summed E-state index contributed by atoms with van der Waals surface area (Å²) < 4.78 is 31.2. The Hall–Kier alpha value is -0.770. The lowest BCUT2D eigenvalue weighted by Crippen LogP contribution is -1.98. The lowest BCUT2D eigenvalue weighted by atomic mass is 10.3. The minimum Gasteiger partial charge on any atom is -0.488 e. The highest BCUT2D eigenvalue weighted by molar-refractivity contribution is 7.98. The molecule has 0 unspecified atom stereocenters. The van der Waals surface area contributed by atoms with E-state index in [1.165, 1.54) is 23.9 Å². The van der Waals surface area contributed by atoms with E-state index in [0.717, 1.165) is 0 Å². The molecule has 1 rings (SSSR count). The minimum absolute atomic E-state index is 0.256. The van der Waals surface area contributed by atoms with Gasteiger partial charge in [-0.2, -0.15) is 0 Å². The van der Waals surface area contributed by atoms with Crippen LogP contribution in [0, 0.1) is 11.6 Å². The number of benzene rings is 1. The molecule has 4 heteroatoms. The normalized spacial score (nSPS) is 10.2. The zero-order chi connectivity index (χ0) is 9.84. The highest BCUT2D eigenvalue weighted by Gasteiger charge is 2.13. The van der Waals surface area contributed by atoms with Gasteiger partial charge >= 0.3 is 0 Å². The predicted molar refractivity (Wildman–Crippen MR) is 49.3 cm³/mol. The molecular formula is C9H10F2OS. The fourth-order valence-electron chi connectivity index (χ4n) is 0.949. The molecule has 0 aliphatic rings. The Morgan fingerprint density at radius 2 is 2.08 bits per heavy atom. The van der Waals surface area contributed by atoms with Crippen LogP contribution in [0.25, 0.3) is 0 Å². The summed E-state index contributed by atoms with van der Waals surface area (Å²) in [7, 11) is 0. The standard InChI is InChI=1S/C9H10F2OS/c1-3-12-9-6(10)4-5-7(13-2)8(9)11/h4-5H,3H2,1-2H3. The average Bonchev–Trinajstić information content (AvgIpc) is 2.12. The lowest BCUT2D eigenvalue weighted by Gasteiger charge is -2.07. The second-order valence-corrected chi connectivity index (χ2v) is 3.17. The Balaban J connectivity index is 3.13. The number of hydrogen-bond acceptors (Lipinski definition) is 2. The molecule has 1 aromatic rings. The number of ether oxygens (including phenoxy) is 1. The summed E-state index contributed by atoms with van der Waals surface area (Å²) in [4.78, 5) is 0.393. The van der Waals surface area contributed by atoms with Crippen LogP contribution in [0.3, 0.4) is 0 Å². The predicted octanol–water partition coefficient (Wildman–Crippen LogP) is 3.09. The van der Waals surface area contributed by atoms with Crippen molar-refractivity contribution in [3.8, 4) is 5.75 Å². The Morgan fingerprint density at radius 1 is 1.38 bits per heavy atom. The van der Waals surface area contributed by atoms with Gasteiger partial charge in [-0.3, -0.25) is 0 Å². The van der Waals surface area contributed by atoms with Gasteiger partial charge in [0.2, 0.25) is 0 Å². The maximum absolute atomic E-state index is 13.3. The van der Waals surface area contributed by atoms with E-state index in [-0.39, 0.29) is 12.4 Å². The summed E-state index contributed by atoms with van der Waals surface area (Å²) >= 11 is 1.22. The Labute approximate surface area is 80.1 Å². The number of halogens is 2. The first-order valence-corrected chi connectivity index (χ1v) is 5.08. The average molecular weight is 204 g/mol. The molecule has 0 aliphatic heterocycles. The molecule has 0 aromatic heterocycles. The Morgan fingerprint density at radius 3 is 2.62 bits per heavy atom. The molecule has 13 heavy (non-hydrogen) atoms. The van der Waals surface area contributed by atoms with Crippen LogP contribution in [0.4, 0.5) is 8.78 Å². The van der Waals surface area contributed by atoms with Crippen LogP contribution in [0.5, 0.6) is 5.75 Å². The van der Waals surface area contributed by atoms with E-state index < -0.39 is 11.6 Å². The number of rotatable bonds is 3. The van der Waals surface area contributed by atoms with Gasteiger partial charge in [0.05, 0.1) is 6.61 Å². The topological polar surface area (TPSA) is 9.23 Å². The molecule has 0 N–H and O–H groups in total. The van der Waals surface area contributed by atoms with E-state index in [0.29, 0.717) is 4.90 Å². The summed E-state index contributed by atoms with van der Waals surface area (Å²) in [5, 5.41) is 0. The van der Waals surface area contributed by atoms with Gasteiger partial charge in [-0.05, 0) is 25.3 Å². The minimum atomic E-state index is -0.655. The second-order valence-electron chi connectivity index (χ2n) is 2.33. The maximum Gasteiger partial charge on any atom is 0.191 e. The second kappa shape index (κ2) is 4.46. The molecule has 1 nitrogen and oxygen atoms in total. The van der Waals surface area contributed by atoms with Crippen LogP contribution < -0.4 is 4.74 Å². The van der Waals surface area contributed by atoms with E-state index in [4.69, 9.17) is 4.74 Å². The van der Waals surface area contributed by atoms with Crippen LogP contribution in [0.1, 0.15) is 6.92 Å². The van der Waals surface area contributed by atoms with E-state index in [2.05, 4.69) is 0 Å². The van der Waals surface area contributed by atoms with E-state index in [1.807, 2.05) is 0 Å². The van der Waals surface area contributed by atoms with Gasteiger partial charge in [0.25, 0.3) is 0 Å². The van der Waals surface area contributed by atoms with Crippen molar-refractivity contribution >= 4 is 11.8 Å². The molecule has 0 radical (unpaired) electrons. The van der Waals surface area contributed by atoms with Crippen molar-refractivity contribution in [2.24, 2.45) is 0 Å². The van der Waals surface area contributed by atoms with Crippen LogP contribution >= 0.6 is 11.8 Å². The molecule has 1 aromatic carbocycles. The quantitative estimate of drug-likeness (QED) is 0.700. The SMILES string of the molecule is CCOc1c(F)ccc(SC)c1F. The van der Waals surface area contributed by atoms with Gasteiger partial charge in [-0.25, -0.2) is 8.78 Å². The molecule has 0 saturated carbocycles. The van der Waals surface area contributed by atoms with Crippen LogP contribution in [-0.2, 0) is 0 Å². The Bertz CT molecular complexity index is 302. The maximum atomic E-state index is 13.3. The molecular weight excluding hydrogens is 194 g/mol. The third-order valence-corrected chi connectivity index (χ3v) is 2.28. The third kappa shape index (κ3) is 2.12. The lowest BCUT2D eigenvalue weighted by molar-refractivity contribution is 0.299. The molecule has 0 spiro atoms. The fraction of sp³-hybridized carbons (Fsp3) is 0.333. The van der Waals surface area contributed by atoms with E-state index >= 15 is 0 Å². The third-order valence-electron chi connectivity index (χ3n) is 1.52. The van der Waals surface area contributed by atoms with Crippen molar-refractivity contribution in [2.75, 3.05) is 12.9 Å². The molecule has 0 atom stereocenters. The van der Waals surface area contributed by atoms with E-state index in [1.54, 1.807) is 13.2 Å². The van der Waals surface area contributed by atoms with Gasteiger partial charge in [-0.1, -0.05) is 0 Å². The van der Waals surface area contributed by atoms with Crippen molar-refractivity contribution < 1.29 is 13.5 Å². The van der Waals surface area contributed by atoms with Gasteiger partial charge in [-0.15, -0.1) is 11.8 Å². The summed E-state index contributed by atoms with van der Waals surface area (Å²) in [6.07, 6.45) is 1.73. The van der Waals surface area contributed by atoms with E-state index in [9.17, 15) is 8.78 Å². The zero-order valence-electron chi connectivity index (χ0n) is 7.43. The van der Waals surface area contributed by atoms with Gasteiger partial charge < -0.3 is 4.74 Å². The van der Waals surface area contributed by atoms with Crippen molar-refractivity contribution in [1.29, 1.82) is 0 Å². The highest BCUT2D eigenvalue weighted by atomic mass is 32.2. The summed E-state index contributed by atoms with van der Waals surface area (Å²) in [5.41, 5.74) is 0. The van der Waals surface area contributed by atoms with Gasteiger partial charge in [0, 0.05) is 4.90 Å². The first kappa shape index (κ1) is 10.3. The molecule has 0 heterocycles. The number of thioether (sulfide) groups is 1. The molecule has 72 valence electrons. The zero-order valence-corrected chi connectivity index (χ0v) is 8.25. The molecule has 0 saturated heterocycles.